The fourth-order valence-electron chi connectivity index (χ4n) is 2.63. The number of piperazine rings is 1. The van der Waals surface area contributed by atoms with Gasteiger partial charge >= 0.3 is 0 Å². The molecular weight excluding hydrogens is 236 g/mol. The molecule has 1 aliphatic heterocycles. The summed E-state index contributed by atoms with van der Waals surface area (Å²) in [5.74, 6) is 0.974. The van der Waals surface area contributed by atoms with E-state index < -0.39 is 0 Å². The molecular formula is C16H26N2O. The Hall–Kier alpha value is -1.06. The second-order valence-electron chi connectivity index (χ2n) is 6.34. The molecule has 0 spiro atoms. The number of nitrogens with zero attached hydrogens (tertiary/aromatic N) is 1. The summed E-state index contributed by atoms with van der Waals surface area (Å²) in [5, 5.41) is 3.55. The second kappa shape index (κ2) is 5.93. The number of hydrogen-bond donors (Lipinski definition) is 1. The molecule has 1 heterocycles. The first-order valence-corrected chi connectivity index (χ1v) is 7.18. The van der Waals surface area contributed by atoms with Crippen molar-refractivity contribution in [2.45, 2.75) is 45.9 Å². The minimum atomic E-state index is 0.213. The lowest BCUT2D eigenvalue weighted by Crippen LogP contribution is -2.56. The van der Waals surface area contributed by atoms with E-state index >= 15 is 0 Å². The molecule has 1 N–H and O–H groups in total. The molecule has 3 nitrogen and oxygen atoms in total. The molecule has 1 saturated heterocycles. The third-order valence-electron chi connectivity index (χ3n) is 3.33. The maximum atomic E-state index is 5.75. The van der Waals surface area contributed by atoms with Gasteiger partial charge in [-0.25, -0.2) is 0 Å². The van der Waals surface area contributed by atoms with E-state index in [0.29, 0.717) is 0 Å². The Morgan fingerprint density at radius 1 is 1.37 bits per heavy atom. The van der Waals surface area contributed by atoms with Gasteiger partial charge in [0.05, 0.1) is 6.10 Å². The Balaban J connectivity index is 1.98. The summed E-state index contributed by atoms with van der Waals surface area (Å²) in [6.07, 6.45) is 0.230. The topological polar surface area (TPSA) is 24.5 Å². The fraction of sp³-hybridized carbons (Fsp3) is 0.625. The van der Waals surface area contributed by atoms with Gasteiger partial charge in [-0.3, -0.25) is 4.90 Å². The maximum Gasteiger partial charge on any atom is 0.120 e. The van der Waals surface area contributed by atoms with Crippen LogP contribution in [0.2, 0.25) is 0 Å². The summed E-state index contributed by atoms with van der Waals surface area (Å²) in [7, 11) is 0. The molecule has 0 aliphatic carbocycles. The zero-order valence-corrected chi connectivity index (χ0v) is 12.6. The van der Waals surface area contributed by atoms with Gasteiger partial charge in [0.1, 0.15) is 5.75 Å². The Morgan fingerprint density at radius 3 is 2.84 bits per heavy atom. The maximum absolute atomic E-state index is 5.75. The highest BCUT2D eigenvalue weighted by Crippen LogP contribution is 2.18. The Kier molecular flexibility index (Phi) is 4.48. The minimum absolute atomic E-state index is 0.213. The SMILES string of the molecule is CC(C)Oc1cccc(CN2CCNC(C)(C)C2)c1. The number of ether oxygens (including phenoxy) is 1. The molecule has 0 bridgehead atoms. The summed E-state index contributed by atoms with van der Waals surface area (Å²) in [6, 6.07) is 8.46. The van der Waals surface area contributed by atoms with Crippen molar-refractivity contribution in [3.05, 3.63) is 29.8 Å². The van der Waals surface area contributed by atoms with Crippen LogP contribution in [0.15, 0.2) is 24.3 Å². The van der Waals surface area contributed by atoms with Crippen LogP contribution >= 0.6 is 0 Å². The first-order chi connectivity index (χ1) is 8.94. The van der Waals surface area contributed by atoms with E-state index in [1.165, 1.54) is 5.56 Å². The highest BCUT2D eigenvalue weighted by molar-refractivity contribution is 5.28. The molecule has 0 unspecified atom stereocenters. The van der Waals surface area contributed by atoms with Crippen LogP contribution in [0.3, 0.4) is 0 Å². The summed E-state index contributed by atoms with van der Waals surface area (Å²) < 4.78 is 5.75. The van der Waals surface area contributed by atoms with Crippen LogP contribution < -0.4 is 10.1 Å². The molecule has 2 rings (SSSR count). The molecule has 1 fully saturated rings. The van der Waals surface area contributed by atoms with Crippen molar-refractivity contribution >= 4 is 0 Å². The standard InChI is InChI=1S/C16H26N2O/c1-13(2)19-15-7-5-6-14(10-15)11-18-9-8-17-16(3,4)12-18/h5-7,10,13,17H,8-9,11-12H2,1-4H3. The van der Waals surface area contributed by atoms with E-state index in [0.717, 1.165) is 31.9 Å². The Labute approximate surface area is 116 Å². The lowest BCUT2D eigenvalue weighted by atomic mass is 10.0. The van der Waals surface area contributed by atoms with Gasteiger partial charge in [0.15, 0.2) is 0 Å². The number of hydrogen-bond acceptors (Lipinski definition) is 3. The van der Waals surface area contributed by atoms with Crippen LogP contribution in [0.1, 0.15) is 33.3 Å². The van der Waals surface area contributed by atoms with Gasteiger partial charge < -0.3 is 10.1 Å². The summed E-state index contributed by atoms with van der Waals surface area (Å²) >= 11 is 0. The molecule has 106 valence electrons. The van der Waals surface area contributed by atoms with Crippen molar-refractivity contribution in [1.29, 1.82) is 0 Å². The molecule has 19 heavy (non-hydrogen) atoms. The average Bonchev–Trinajstić information content (AvgIpc) is 2.26. The van der Waals surface area contributed by atoms with Gasteiger partial charge in [-0.05, 0) is 45.4 Å². The van der Waals surface area contributed by atoms with E-state index in [-0.39, 0.29) is 11.6 Å². The largest absolute Gasteiger partial charge is 0.491 e. The van der Waals surface area contributed by atoms with Crippen LogP contribution in [0, 0.1) is 0 Å². The van der Waals surface area contributed by atoms with Gasteiger partial charge in [-0.15, -0.1) is 0 Å². The molecule has 3 heteroatoms. The molecule has 1 aromatic carbocycles. The molecule has 1 aromatic rings. The predicted molar refractivity (Wildman–Crippen MR) is 79.6 cm³/mol. The van der Waals surface area contributed by atoms with Gasteiger partial charge in [-0.1, -0.05) is 12.1 Å². The van der Waals surface area contributed by atoms with Gasteiger partial charge in [0, 0.05) is 31.7 Å². The molecule has 0 atom stereocenters. The van der Waals surface area contributed by atoms with Crippen molar-refractivity contribution in [3.63, 3.8) is 0 Å². The van der Waals surface area contributed by atoms with Crippen molar-refractivity contribution in [2.75, 3.05) is 19.6 Å². The van der Waals surface area contributed by atoms with E-state index in [9.17, 15) is 0 Å². The number of benzene rings is 1. The van der Waals surface area contributed by atoms with E-state index in [2.05, 4.69) is 56.1 Å². The minimum Gasteiger partial charge on any atom is -0.491 e. The smallest absolute Gasteiger partial charge is 0.120 e. The summed E-state index contributed by atoms with van der Waals surface area (Å²) in [4.78, 5) is 2.50. The summed E-state index contributed by atoms with van der Waals surface area (Å²) in [5.41, 5.74) is 1.54. The third-order valence-corrected chi connectivity index (χ3v) is 3.33. The lowest BCUT2D eigenvalue weighted by Gasteiger charge is -2.39. The van der Waals surface area contributed by atoms with E-state index in [4.69, 9.17) is 4.74 Å². The first-order valence-electron chi connectivity index (χ1n) is 7.18. The monoisotopic (exact) mass is 262 g/mol. The molecule has 1 aliphatic rings. The van der Waals surface area contributed by atoms with Crippen molar-refractivity contribution in [1.82, 2.24) is 10.2 Å². The molecule has 0 aromatic heterocycles. The van der Waals surface area contributed by atoms with Crippen LogP contribution in [0.4, 0.5) is 0 Å². The quantitative estimate of drug-likeness (QED) is 0.903. The zero-order chi connectivity index (χ0) is 13.9. The number of rotatable bonds is 4. The molecule has 0 radical (unpaired) electrons. The van der Waals surface area contributed by atoms with Crippen molar-refractivity contribution < 1.29 is 4.74 Å². The van der Waals surface area contributed by atoms with Gasteiger partial charge in [-0.2, -0.15) is 0 Å². The zero-order valence-electron chi connectivity index (χ0n) is 12.6. The summed E-state index contributed by atoms with van der Waals surface area (Å²) in [6.45, 7) is 12.9. The van der Waals surface area contributed by atoms with Crippen molar-refractivity contribution in [2.24, 2.45) is 0 Å². The fourth-order valence-corrected chi connectivity index (χ4v) is 2.63. The Morgan fingerprint density at radius 2 is 2.16 bits per heavy atom. The second-order valence-corrected chi connectivity index (χ2v) is 6.34. The Bertz CT molecular complexity index is 415. The van der Waals surface area contributed by atoms with Crippen molar-refractivity contribution in [3.8, 4) is 5.75 Å². The average molecular weight is 262 g/mol. The van der Waals surface area contributed by atoms with E-state index in [1.54, 1.807) is 0 Å². The third kappa shape index (κ3) is 4.51. The lowest BCUT2D eigenvalue weighted by molar-refractivity contribution is 0.148. The van der Waals surface area contributed by atoms with Crippen LogP contribution in [-0.4, -0.2) is 36.2 Å². The van der Waals surface area contributed by atoms with E-state index in [1.807, 2.05) is 6.07 Å². The van der Waals surface area contributed by atoms with Crippen LogP contribution in [0.25, 0.3) is 0 Å². The molecule has 0 amide bonds. The van der Waals surface area contributed by atoms with Gasteiger partial charge in [0.2, 0.25) is 0 Å². The van der Waals surface area contributed by atoms with Gasteiger partial charge in [0.25, 0.3) is 0 Å². The predicted octanol–water partition coefficient (Wildman–Crippen LogP) is 2.66. The normalized spacial score (nSPS) is 19.6. The first kappa shape index (κ1) is 14.4. The number of nitrogens with one attached hydrogen (secondary N) is 1. The highest BCUT2D eigenvalue weighted by atomic mass is 16.5. The molecule has 0 saturated carbocycles. The highest BCUT2D eigenvalue weighted by Gasteiger charge is 2.25. The van der Waals surface area contributed by atoms with Crippen LogP contribution in [-0.2, 0) is 6.54 Å². The van der Waals surface area contributed by atoms with Crippen LogP contribution in [0.5, 0.6) is 5.75 Å².